The third-order valence-electron chi connectivity index (χ3n) is 3.45. The third kappa shape index (κ3) is 3.08. The maximum Gasteiger partial charge on any atom is 0.254 e. The van der Waals surface area contributed by atoms with Gasteiger partial charge < -0.3 is 25.3 Å². The van der Waals surface area contributed by atoms with Crippen LogP contribution in [0.2, 0.25) is 0 Å². The Bertz CT molecular complexity index is 559. The number of rotatable bonds is 2. The van der Waals surface area contributed by atoms with E-state index in [9.17, 15) is 19.8 Å². The molecular weight excluding hydrogens is 274 g/mol. The molecule has 7 nitrogen and oxygen atoms in total. The number of hydrogen-bond donors (Lipinski definition) is 3. The molecule has 1 atom stereocenters. The normalized spacial score (nSPS) is 18.4. The van der Waals surface area contributed by atoms with E-state index in [1.807, 2.05) is 0 Å². The van der Waals surface area contributed by atoms with Crippen LogP contribution in [-0.2, 0) is 4.79 Å². The minimum atomic E-state index is -0.572. The molecule has 1 aromatic carbocycles. The Morgan fingerprint density at radius 2 is 2.00 bits per heavy atom. The van der Waals surface area contributed by atoms with E-state index in [4.69, 9.17) is 0 Å². The fraction of sp³-hybridized carbons (Fsp3) is 0.429. The zero-order valence-electron chi connectivity index (χ0n) is 12.0. The first-order valence-corrected chi connectivity index (χ1v) is 6.66. The van der Waals surface area contributed by atoms with E-state index in [0.29, 0.717) is 19.6 Å². The fourth-order valence-electron chi connectivity index (χ4n) is 2.29. The summed E-state index contributed by atoms with van der Waals surface area (Å²) in [5.41, 5.74) is 0.240. The van der Waals surface area contributed by atoms with E-state index in [0.717, 1.165) is 0 Å². The maximum absolute atomic E-state index is 12.5. The number of amides is 2. The summed E-state index contributed by atoms with van der Waals surface area (Å²) in [6.45, 7) is 1.41. The second-order valence-electron chi connectivity index (χ2n) is 5.15. The second-order valence-corrected chi connectivity index (χ2v) is 5.15. The standard InChI is InChI=1S/C14H19N3O4/c1-16(2)14(21)10-8-15-5-6-17(10)13(20)9-3-4-11(18)12(19)7-9/h3-4,7,10,15,18-19H,5-6,8H2,1-2H3. The first-order valence-electron chi connectivity index (χ1n) is 6.66. The van der Waals surface area contributed by atoms with E-state index in [2.05, 4.69) is 5.32 Å². The smallest absolute Gasteiger partial charge is 0.254 e. The van der Waals surface area contributed by atoms with Crippen molar-refractivity contribution in [1.82, 2.24) is 15.1 Å². The van der Waals surface area contributed by atoms with Crippen LogP contribution in [0.5, 0.6) is 11.5 Å². The lowest BCUT2D eigenvalue weighted by molar-refractivity contribution is -0.134. The maximum atomic E-state index is 12.5. The topological polar surface area (TPSA) is 93.1 Å². The van der Waals surface area contributed by atoms with Crippen molar-refractivity contribution in [3.05, 3.63) is 23.8 Å². The number of nitrogens with zero attached hydrogens (tertiary/aromatic N) is 2. The van der Waals surface area contributed by atoms with Gasteiger partial charge in [-0.1, -0.05) is 0 Å². The Morgan fingerprint density at radius 3 is 2.62 bits per heavy atom. The van der Waals surface area contributed by atoms with Crippen LogP contribution in [0.1, 0.15) is 10.4 Å². The molecule has 0 radical (unpaired) electrons. The molecule has 0 aromatic heterocycles. The first kappa shape index (κ1) is 15.1. The lowest BCUT2D eigenvalue weighted by Crippen LogP contribution is -2.59. The number of phenols is 2. The average Bonchev–Trinajstić information content (AvgIpc) is 2.48. The Morgan fingerprint density at radius 1 is 1.29 bits per heavy atom. The molecule has 2 amide bonds. The fourth-order valence-corrected chi connectivity index (χ4v) is 2.29. The Kier molecular flexibility index (Phi) is 4.32. The van der Waals surface area contributed by atoms with E-state index in [1.54, 1.807) is 14.1 Å². The average molecular weight is 293 g/mol. The predicted molar refractivity (Wildman–Crippen MR) is 76.2 cm³/mol. The van der Waals surface area contributed by atoms with Crippen molar-refractivity contribution in [2.75, 3.05) is 33.7 Å². The Labute approximate surface area is 122 Å². The minimum Gasteiger partial charge on any atom is -0.504 e. The summed E-state index contributed by atoms with van der Waals surface area (Å²) in [7, 11) is 3.29. The van der Waals surface area contributed by atoms with Crippen molar-refractivity contribution in [3.8, 4) is 11.5 Å². The molecule has 0 bridgehead atoms. The van der Waals surface area contributed by atoms with Crippen molar-refractivity contribution < 1.29 is 19.8 Å². The van der Waals surface area contributed by atoms with Gasteiger partial charge in [-0.2, -0.15) is 0 Å². The van der Waals surface area contributed by atoms with Crippen LogP contribution < -0.4 is 5.32 Å². The van der Waals surface area contributed by atoms with Crippen molar-refractivity contribution in [2.45, 2.75) is 6.04 Å². The van der Waals surface area contributed by atoms with Crippen LogP contribution in [-0.4, -0.2) is 71.6 Å². The summed E-state index contributed by atoms with van der Waals surface area (Å²) in [6, 6.07) is 3.32. The lowest BCUT2D eigenvalue weighted by Gasteiger charge is -2.36. The van der Waals surface area contributed by atoms with Gasteiger partial charge in [-0.05, 0) is 18.2 Å². The highest BCUT2D eigenvalue weighted by Crippen LogP contribution is 2.26. The summed E-state index contributed by atoms with van der Waals surface area (Å²) in [6.07, 6.45) is 0. The van der Waals surface area contributed by atoms with E-state index < -0.39 is 6.04 Å². The monoisotopic (exact) mass is 293 g/mol. The number of hydrogen-bond acceptors (Lipinski definition) is 5. The Hall–Kier alpha value is -2.28. The number of piperazine rings is 1. The molecule has 0 spiro atoms. The van der Waals surface area contributed by atoms with Crippen LogP contribution >= 0.6 is 0 Å². The van der Waals surface area contributed by atoms with Crippen LogP contribution in [0.15, 0.2) is 18.2 Å². The number of carbonyl (C=O) groups excluding carboxylic acids is 2. The van der Waals surface area contributed by atoms with E-state index in [-0.39, 0.29) is 28.9 Å². The molecule has 1 aliphatic rings. The largest absolute Gasteiger partial charge is 0.504 e. The van der Waals surface area contributed by atoms with Gasteiger partial charge in [0.05, 0.1) is 0 Å². The molecule has 0 saturated carbocycles. The zero-order valence-corrected chi connectivity index (χ0v) is 12.0. The molecule has 2 rings (SSSR count). The number of benzene rings is 1. The second kappa shape index (κ2) is 6.01. The molecule has 1 aliphatic heterocycles. The van der Waals surface area contributed by atoms with Crippen LogP contribution in [0.4, 0.5) is 0 Å². The van der Waals surface area contributed by atoms with Crippen molar-refractivity contribution >= 4 is 11.8 Å². The molecule has 1 heterocycles. The van der Waals surface area contributed by atoms with Gasteiger partial charge >= 0.3 is 0 Å². The molecule has 21 heavy (non-hydrogen) atoms. The van der Waals surface area contributed by atoms with Crippen LogP contribution in [0.3, 0.4) is 0 Å². The van der Waals surface area contributed by atoms with Gasteiger partial charge in [0.1, 0.15) is 6.04 Å². The summed E-state index contributed by atoms with van der Waals surface area (Å²) in [5, 5.41) is 21.9. The highest BCUT2D eigenvalue weighted by Gasteiger charge is 2.33. The van der Waals surface area contributed by atoms with Gasteiger partial charge in [-0.25, -0.2) is 0 Å². The summed E-state index contributed by atoms with van der Waals surface area (Å²) < 4.78 is 0. The SMILES string of the molecule is CN(C)C(=O)C1CNCCN1C(=O)c1ccc(O)c(O)c1. The number of likely N-dealkylation sites (N-methyl/N-ethyl adjacent to an activating group) is 1. The van der Waals surface area contributed by atoms with Crippen molar-refractivity contribution in [3.63, 3.8) is 0 Å². The van der Waals surface area contributed by atoms with E-state index >= 15 is 0 Å². The summed E-state index contributed by atoms with van der Waals surface area (Å²) in [4.78, 5) is 27.6. The van der Waals surface area contributed by atoms with Crippen LogP contribution in [0, 0.1) is 0 Å². The van der Waals surface area contributed by atoms with Gasteiger partial charge in [0, 0.05) is 39.3 Å². The van der Waals surface area contributed by atoms with Gasteiger partial charge in [-0.15, -0.1) is 0 Å². The number of phenolic OH excluding ortho intramolecular Hbond substituents is 2. The highest BCUT2D eigenvalue weighted by atomic mass is 16.3. The van der Waals surface area contributed by atoms with Crippen molar-refractivity contribution in [2.24, 2.45) is 0 Å². The van der Waals surface area contributed by atoms with Gasteiger partial charge in [-0.3, -0.25) is 9.59 Å². The van der Waals surface area contributed by atoms with E-state index in [1.165, 1.54) is 28.0 Å². The molecule has 114 valence electrons. The molecular formula is C14H19N3O4. The van der Waals surface area contributed by atoms with Gasteiger partial charge in [0.2, 0.25) is 5.91 Å². The molecule has 7 heteroatoms. The molecule has 1 saturated heterocycles. The van der Waals surface area contributed by atoms with Gasteiger partial charge in [0.25, 0.3) is 5.91 Å². The third-order valence-corrected chi connectivity index (χ3v) is 3.45. The molecule has 0 aliphatic carbocycles. The molecule has 1 unspecified atom stereocenters. The van der Waals surface area contributed by atoms with Gasteiger partial charge in [0.15, 0.2) is 11.5 Å². The zero-order chi connectivity index (χ0) is 15.6. The molecule has 3 N–H and O–H groups in total. The Balaban J connectivity index is 2.26. The highest BCUT2D eigenvalue weighted by molar-refractivity contribution is 5.98. The number of nitrogens with one attached hydrogen (secondary N) is 1. The number of carbonyl (C=O) groups is 2. The molecule has 1 fully saturated rings. The molecule has 1 aromatic rings. The summed E-state index contributed by atoms with van der Waals surface area (Å²) >= 11 is 0. The summed E-state index contributed by atoms with van der Waals surface area (Å²) in [5.74, 6) is -1.13. The number of aromatic hydroxyl groups is 2. The lowest BCUT2D eigenvalue weighted by atomic mass is 10.1. The minimum absolute atomic E-state index is 0.154. The van der Waals surface area contributed by atoms with Crippen LogP contribution in [0.25, 0.3) is 0 Å². The predicted octanol–water partition coefficient (Wildman–Crippen LogP) is -0.400. The quantitative estimate of drug-likeness (QED) is 0.645. The van der Waals surface area contributed by atoms with Crippen molar-refractivity contribution in [1.29, 1.82) is 0 Å². The first-order chi connectivity index (χ1) is 9.91.